The summed E-state index contributed by atoms with van der Waals surface area (Å²) in [6.45, 7) is 4.41. The summed E-state index contributed by atoms with van der Waals surface area (Å²) in [6.07, 6.45) is 2.67. The van der Waals surface area contributed by atoms with Gasteiger partial charge in [-0.3, -0.25) is 4.90 Å². The number of rotatable bonds is 5. The van der Waals surface area contributed by atoms with Gasteiger partial charge in [-0.15, -0.1) is 0 Å². The van der Waals surface area contributed by atoms with Crippen LogP contribution >= 0.6 is 0 Å². The van der Waals surface area contributed by atoms with Crippen molar-refractivity contribution >= 4 is 0 Å². The Bertz CT molecular complexity index is 454. The number of benzene rings is 1. The monoisotopic (exact) mass is 276 g/mol. The normalized spacial score (nSPS) is 21.5. The lowest BCUT2D eigenvalue weighted by Gasteiger charge is -2.36. The molecule has 0 bridgehead atoms. The summed E-state index contributed by atoms with van der Waals surface area (Å²) < 4.78 is 10.9. The van der Waals surface area contributed by atoms with Crippen LogP contribution in [0.25, 0.3) is 0 Å². The predicted molar refractivity (Wildman–Crippen MR) is 79.5 cm³/mol. The molecule has 1 aromatic carbocycles. The molecule has 1 aliphatic carbocycles. The summed E-state index contributed by atoms with van der Waals surface area (Å²) in [7, 11) is 3.45. The molecule has 0 radical (unpaired) electrons. The van der Waals surface area contributed by atoms with E-state index in [1.807, 2.05) is 6.07 Å². The highest BCUT2D eigenvalue weighted by atomic mass is 16.5. The molecule has 3 rings (SSSR count). The maximum atomic E-state index is 5.62. The van der Waals surface area contributed by atoms with Gasteiger partial charge in [0.2, 0.25) is 0 Å². The fourth-order valence-electron chi connectivity index (χ4n) is 3.18. The van der Waals surface area contributed by atoms with E-state index >= 15 is 0 Å². The minimum absolute atomic E-state index is 0.498. The molecule has 0 aromatic heterocycles. The van der Waals surface area contributed by atoms with Gasteiger partial charge in [-0.2, -0.15) is 0 Å². The summed E-state index contributed by atoms with van der Waals surface area (Å²) in [5, 5.41) is 3.43. The van der Waals surface area contributed by atoms with Crippen LogP contribution in [-0.4, -0.2) is 45.3 Å². The molecule has 1 heterocycles. The molecule has 4 nitrogen and oxygen atoms in total. The first-order chi connectivity index (χ1) is 9.83. The molecule has 2 fully saturated rings. The maximum absolute atomic E-state index is 5.62. The molecular formula is C16H24N2O2. The summed E-state index contributed by atoms with van der Waals surface area (Å²) in [5.41, 5.74) is 1.32. The average molecular weight is 276 g/mol. The lowest BCUT2D eigenvalue weighted by Crippen LogP contribution is -2.45. The van der Waals surface area contributed by atoms with E-state index in [4.69, 9.17) is 9.47 Å². The van der Waals surface area contributed by atoms with E-state index in [0.717, 1.165) is 43.6 Å². The van der Waals surface area contributed by atoms with Crippen LogP contribution in [0.4, 0.5) is 0 Å². The Balaban J connectivity index is 1.90. The third-order valence-electron chi connectivity index (χ3n) is 4.37. The first kappa shape index (κ1) is 13.7. The molecule has 1 saturated heterocycles. The number of hydrogen-bond acceptors (Lipinski definition) is 4. The zero-order chi connectivity index (χ0) is 13.9. The second-order valence-electron chi connectivity index (χ2n) is 5.68. The van der Waals surface area contributed by atoms with Gasteiger partial charge in [-0.1, -0.05) is 6.07 Å². The molecule has 1 atom stereocenters. The van der Waals surface area contributed by atoms with Crippen molar-refractivity contribution in [1.29, 1.82) is 0 Å². The van der Waals surface area contributed by atoms with Crippen LogP contribution in [-0.2, 0) is 0 Å². The molecule has 1 N–H and O–H groups in total. The van der Waals surface area contributed by atoms with Crippen molar-refractivity contribution in [2.75, 3.05) is 40.4 Å². The summed E-state index contributed by atoms with van der Waals surface area (Å²) >= 11 is 0. The quantitative estimate of drug-likeness (QED) is 0.892. The summed E-state index contributed by atoms with van der Waals surface area (Å²) in [6, 6.07) is 6.74. The van der Waals surface area contributed by atoms with Crippen LogP contribution in [0.2, 0.25) is 0 Å². The summed E-state index contributed by atoms with van der Waals surface area (Å²) in [5.74, 6) is 2.61. The Morgan fingerprint density at radius 3 is 2.50 bits per heavy atom. The number of piperazine rings is 1. The maximum Gasteiger partial charge on any atom is 0.127 e. The first-order valence-electron chi connectivity index (χ1n) is 7.50. The predicted octanol–water partition coefficient (Wildman–Crippen LogP) is 2.06. The largest absolute Gasteiger partial charge is 0.497 e. The van der Waals surface area contributed by atoms with Gasteiger partial charge in [-0.05, 0) is 24.8 Å². The highest BCUT2D eigenvalue weighted by Gasteiger charge is 2.38. The van der Waals surface area contributed by atoms with Gasteiger partial charge in [0.1, 0.15) is 11.5 Å². The third-order valence-corrected chi connectivity index (χ3v) is 4.37. The van der Waals surface area contributed by atoms with Crippen LogP contribution in [0.1, 0.15) is 24.4 Å². The number of nitrogens with one attached hydrogen (secondary N) is 1. The van der Waals surface area contributed by atoms with E-state index in [2.05, 4.69) is 22.3 Å². The van der Waals surface area contributed by atoms with E-state index in [-0.39, 0.29) is 0 Å². The second-order valence-corrected chi connectivity index (χ2v) is 5.68. The van der Waals surface area contributed by atoms with E-state index in [1.165, 1.54) is 18.4 Å². The first-order valence-corrected chi connectivity index (χ1v) is 7.50. The van der Waals surface area contributed by atoms with Gasteiger partial charge in [0.05, 0.1) is 14.2 Å². The molecule has 1 saturated carbocycles. The van der Waals surface area contributed by atoms with Crippen molar-refractivity contribution in [3.05, 3.63) is 23.8 Å². The lowest BCUT2D eigenvalue weighted by atomic mass is 9.98. The van der Waals surface area contributed by atoms with Crippen molar-refractivity contribution in [2.45, 2.75) is 18.9 Å². The average Bonchev–Trinajstić information content (AvgIpc) is 3.33. The van der Waals surface area contributed by atoms with E-state index in [0.29, 0.717) is 6.04 Å². The standard InChI is InChI=1S/C16H24N2O2/c1-19-13-5-6-14(15(11-13)20-2)16(12-3-4-12)18-9-7-17-8-10-18/h5-6,11-12,16-17H,3-4,7-10H2,1-2H3/t16-/m1/s1. The van der Waals surface area contributed by atoms with Crippen LogP contribution in [0, 0.1) is 5.92 Å². The Hall–Kier alpha value is -1.26. The molecule has 4 heteroatoms. The van der Waals surface area contributed by atoms with Crippen LogP contribution < -0.4 is 14.8 Å². The van der Waals surface area contributed by atoms with Crippen molar-refractivity contribution in [2.24, 2.45) is 5.92 Å². The Morgan fingerprint density at radius 1 is 1.15 bits per heavy atom. The van der Waals surface area contributed by atoms with Crippen LogP contribution in [0.5, 0.6) is 11.5 Å². The molecule has 1 aromatic rings. The smallest absolute Gasteiger partial charge is 0.127 e. The summed E-state index contributed by atoms with van der Waals surface area (Å²) in [4.78, 5) is 2.61. The molecule has 1 aliphatic heterocycles. The van der Waals surface area contributed by atoms with E-state index < -0.39 is 0 Å². The zero-order valence-electron chi connectivity index (χ0n) is 12.4. The molecular weight excluding hydrogens is 252 g/mol. The number of methoxy groups -OCH3 is 2. The van der Waals surface area contributed by atoms with Crippen LogP contribution in [0.15, 0.2) is 18.2 Å². The highest BCUT2D eigenvalue weighted by Crippen LogP contribution is 2.47. The number of ether oxygens (including phenoxy) is 2. The van der Waals surface area contributed by atoms with Gasteiger partial charge >= 0.3 is 0 Å². The van der Waals surface area contributed by atoms with E-state index in [1.54, 1.807) is 14.2 Å². The lowest BCUT2D eigenvalue weighted by molar-refractivity contribution is 0.153. The zero-order valence-corrected chi connectivity index (χ0v) is 12.4. The SMILES string of the molecule is COc1ccc([C@@H](C2CC2)N2CCNCC2)c(OC)c1. The molecule has 0 amide bonds. The fourth-order valence-corrected chi connectivity index (χ4v) is 3.18. The molecule has 0 spiro atoms. The van der Waals surface area contributed by atoms with Crippen molar-refractivity contribution in [3.63, 3.8) is 0 Å². The Labute approximate surface area is 121 Å². The van der Waals surface area contributed by atoms with Gasteiger partial charge in [0.25, 0.3) is 0 Å². The van der Waals surface area contributed by atoms with Gasteiger partial charge in [0, 0.05) is 43.9 Å². The van der Waals surface area contributed by atoms with Gasteiger partial charge < -0.3 is 14.8 Å². The van der Waals surface area contributed by atoms with Crippen LogP contribution in [0.3, 0.4) is 0 Å². The van der Waals surface area contributed by atoms with Gasteiger partial charge in [0.15, 0.2) is 0 Å². The number of hydrogen-bond donors (Lipinski definition) is 1. The molecule has 2 aliphatic rings. The Morgan fingerprint density at radius 2 is 1.90 bits per heavy atom. The highest BCUT2D eigenvalue weighted by molar-refractivity contribution is 5.43. The topological polar surface area (TPSA) is 33.7 Å². The van der Waals surface area contributed by atoms with Crippen molar-refractivity contribution in [1.82, 2.24) is 10.2 Å². The molecule has 20 heavy (non-hydrogen) atoms. The second kappa shape index (κ2) is 6.02. The van der Waals surface area contributed by atoms with Crippen molar-refractivity contribution in [3.8, 4) is 11.5 Å². The molecule has 110 valence electrons. The minimum atomic E-state index is 0.498. The fraction of sp³-hybridized carbons (Fsp3) is 0.625. The van der Waals surface area contributed by atoms with E-state index in [9.17, 15) is 0 Å². The number of nitrogens with zero attached hydrogens (tertiary/aromatic N) is 1. The molecule has 0 unspecified atom stereocenters. The minimum Gasteiger partial charge on any atom is -0.497 e. The van der Waals surface area contributed by atoms with Gasteiger partial charge in [-0.25, -0.2) is 0 Å². The third kappa shape index (κ3) is 2.76. The van der Waals surface area contributed by atoms with Crippen molar-refractivity contribution < 1.29 is 9.47 Å². The Kier molecular flexibility index (Phi) is 4.13.